The fourth-order valence-corrected chi connectivity index (χ4v) is 1.62. The van der Waals surface area contributed by atoms with E-state index in [0.717, 1.165) is 12.1 Å². The summed E-state index contributed by atoms with van der Waals surface area (Å²) in [6.07, 6.45) is 0.935. The molecule has 0 saturated heterocycles. The normalized spacial score (nSPS) is 12.8. The Morgan fingerprint density at radius 3 is 3.06 bits per heavy atom. The highest BCUT2D eigenvalue weighted by atomic mass is 16.5. The molecule has 1 atom stereocenters. The summed E-state index contributed by atoms with van der Waals surface area (Å²) in [6.45, 7) is 4.47. The van der Waals surface area contributed by atoms with Gasteiger partial charge in [-0.2, -0.15) is 5.10 Å². The number of hydrogen-bond acceptors (Lipinski definition) is 5. The third kappa shape index (κ3) is 2.35. The first-order valence-corrected chi connectivity index (χ1v) is 5.88. The Labute approximate surface area is 104 Å². The van der Waals surface area contributed by atoms with Crippen LogP contribution in [0.3, 0.4) is 0 Å². The van der Waals surface area contributed by atoms with Gasteiger partial charge in [-0.15, -0.1) is 0 Å². The Morgan fingerprint density at radius 2 is 2.39 bits per heavy atom. The molecule has 2 aromatic heterocycles. The van der Waals surface area contributed by atoms with E-state index in [0.29, 0.717) is 18.2 Å². The Balaban J connectivity index is 2.51. The van der Waals surface area contributed by atoms with Crippen molar-refractivity contribution >= 4 is 11.6 Å². The van der Waals surface area contributed by atoms with Crippen LogP contribution in [0, 0.1) is 0 Å². The van der Waals surface area contributed by atoms with Gasteiger partial charge in [0.1, 0.15) is 0 Å². The van der Waals surface area contributed by atoms with Crippen LogP contribution in [0.2, 0.25) is 0 Å². The summed E-state index contributed by atoms with van der Waals surface area (Å²) in [5.41, 5.74) is 0.968. The van der Waals surface area contributed by atoms with E-state index in [1.54, 1.807) is 13.2 Å². The molecule has 0 aliphatic rings. The van der Waals surface area contributed by atoms with Gasteiger partial charge in [0.05, 0.1) is 12.3 Å². The summed E-state index contributed by atoms with van der Waals surface area (Å²) in [4.78, 5) is 16.1. The number of nitrogens with zero attached hydrogens (tertiary/aromatic N) is 3. The molecule has 0 aromatic carbocycles. The van der Waals surface area contributed by atoms with Crippen molar-refractivity contribution in [3.63, 3.8) is 0 Å². The van der Waals surface area contributed by atoms with Crippen molar-refractivity contribution in [3.8, 4) is 0 Å². The number of fused-ring (bicyclic) bond motifs is 1. The minimum absolute atomic E-state index is 0.222. The number of H-pyrrole nitrogens is 1. The van der Waals surface area contributed by atoms with E-state index in [-0.39, 0.29) is 11.7 Å². The molecule has 0 amide bonds. The lowest BCUT2D eigenvalue weighted by atomic mass is 10.3. The maximum Gasteiger partial charge on any atom is 0.350 e. The van der Waals surface area contributed by atoms with Crippen LogP contribution in [0.4, 0.5) is 5.95 Å². The SMILES string of the molecule is CC[C@H](C)Nc1nc(COC)cc2n[nH]c(=O)n12. The quantitative estimate of drug-likeness (QED) is 0.820. The predicted octanol–water partition coefficient (Wildman–Crippen LogP) is 0.774. The molecule has 0 aliphatic heterocycles. The summed E-state index contributed by atoms with van der Waals surface area (Å²) in [5.74, 6) is 0.493. The van der Waals surface area contributed by atoms with Gasteiger partial charge in [-0.3, -0.25) is 0 Å². The molecule has 7 nitrogen and oxygen atoms in total. The van der Waals surface area contributed by atoms with E-state index >= 15 is 0 Å². The zero-order valence-corrected chi connectivity index (χ0v) is 10.7. The van der Waals surface area contributed by atoms with Gasteiger partial charge in [-0.05, 0) is 13.3 Å². The molecule has 2 aromatic rings. The molecule has 0 fully saturated rings. The van der Waals surface area contributed by atoms with Crippen molar-refractivity contribution in [2.75, 3.05) is 12.4 Å². The van der Waals surface area contributed by atoms with Crippen LogP contribution in [0.5, 0.6) is 0 Å². The predicted molar refractivity (Wildman–Crippen MR) is 67.7 cm³/mol. The highest BCUT2D eigenvalue weighted by Gasteiger charge is 2.11. The molecular formula is C11H17N5O2. The van der Waals surface area contributed by atoms with Gasteiger partial charge in [0, 0.05) is 19.2 Å². The number of ether oxygens (including phenoxy) is 1. The van der Waals surface area contributed by atoms with E-state index < -0.39 is 0 Å². The average Bonchev–Trinajstić information content (AvgIpc) is 2.71. The molecule has 2 rings (SSSR count). The molecule has 7 heteroatoms. The highest BCUT2D eigenvalue weighted by Crippen LogP contribution is 2.10. The summed E-state index contributed by atoms with van der Waals surface area (Å²) in [5, 5.41) is 9.56. The van der Waals surface area contributed by atoms with Crippen molar-refractivity contribution in [2.24, 2.45) is 0 Å². The van der Waals surface area contributed by atoms with Gasteiger partial charge >= 0.3 is 5.69 Å². The minimum Gasteiger partial charge on any atom is -0.378 e. The second-order valence-corrected chi connectivity index (χ2v) is 4.18. The molecule has 0 aliphatic carbocycles. The first-order chi connectivity index (χ1) is 8.65. The second-order valence-electron chi connectivity index (χ2n) is 4.18. The molecule has 2 N–H and O–H groups in total. The molecule has 18 heavy (non-hydrogen) atoms. The molecule has 98 valence electrons. The zero-order chi connectivity index (χ0) is 13.1. The molecule has 0 saturated carbocycles. The lowest BCUT2D eigenvalue weighted by Gasteiger charge is -2.13. The van der Waals surface area contributed by atoms with E-state index in [2.05, 4.69) is 27.4 Å². The highest BCUT2D eigenvalue weighted by molar-refractivity contribution is 5.46. The van der Waals surface area contributed by atoms with Crippen LogP contribution in [-0.2, 0) is 11.3 Å². The number of aromatic nitrogens is 4. The number of anilines is 1. The number of aromatic amines is 1. The number of methoxy groups -OCH3 is 1. The van der Waals surface area contributed by atoms with Crippen LogP contribution >= 0.6 is 0 Å². The first-order valence-electron chi connectivity index (χ1n) is 5.88. The van der Waals surface area contributed by atoms with Gasteiger partial charge < -0.3 is 10.1 Å². The van der Waals surface area contributed by atoms with Gasteiger partial charge in [-0.25, -0.2) is 19.3 Å². The van der Waals surface area contributed by atoms with E-state index in [1.807, 2.05) is 6.92 Å². The third-order valence-electron chi connectivity index (χ3n) is 2.74. The Kier molecular flexibility index (Phi) is 3.61. The summed E-state index contributed by atoms with van der Waals surface area (Å²) < 4.78 is 6.48. The largest absolute Gasteiger partial charge is 0.378 e. The second kappa shape index (κ2) is 5.18. The summed E-state index contributed by atoms with van der Waals surface area (Å²) >= 11 is 0. The monoisotopic (exact) mass is 251 g/mol. The number of nitrogens with one attached hydrogen (secondary N) is 2. The molecule has 0 spiro atoms. The van der Waals surface area contributed by atoms with Crippen molar-refractivity contribution in [1.29, 1.82) is 0 Å². The number of rotatable bonds is 5. The molecule has 0 unspecified atom stereocenters. The maximum absolute atomic E-state index is 11.7. The third-order valence-corrected chi connectivity index (χ3v) is 2.74. The molecule has 0 bridgehead atoms. The van der Waals surface area contributed by atoms with E-state index in [1.165, 1.54) is 4.40 Å². The van der Waals surface area contributed by atoms with Gasteiger partial charge in [-0.1, -0.05) is 6.92 Å². The fraction of sp³-hybridized carbons (Fsp3) is 0.545. The minimum atomic E-state index is -0.299. The van der Waals surface area contributed by atoms with Gasteiger partial charge in [0.15, 0.2) is 5.65 Å². The van der Waals surface area contributed by atoms with Crippen molar-refractivity contribution in [1.82, 2.24) is 19.6 Å². The van der Waals surface area contributed by atoms with Crippen molar-refractivity contribution in [2.45, 2.75) is 32.9 Å². The lowest BCUT2D eigenvalue weighted by Crippen LogP contribution is -2.22. The Morgan fingerprint density at radius 1 is 1.61 bits per heavy atom. The van der Waals surface area contributed by atoms with Crippen LogP contribution < -0.4 is 11.0 Å². The smallest absolute Gasteiger partial charge is 0.350 e. The Bertz CT molecular complexity index is 589. The maximum atomic E-state index is 11.7. The molecular weight excluding hydrogens is 234 g/mol. The number of hydrogen-bond donors (Lipinski definition) is 2. The van der Waals surface area contributed by atoms with Crippen LogP contribution in [-0.4, -0.2) is 32.7 Å². The summed E-state index contributed by atoms with van der Waals surface area (Å²) in [6, 6.07) is 1.95. The standard InChI is InChI=1S/C11H17N5O2/c1-4-7(2)12-10-13-8(6-18-3)5-9-14-15-11(17)16(9)10/h5,7H,4,6H2,1-3H3,(H,12,13)(H,15,17)/t7-/m0/s1. The lowest BCUT2D eigenvalue weighted by molar-refractivity contribution is 0.181. The Hall–Kier alpha value is -1.89. The average molecular weight is 251 g/mol. The molecule has 0 radical (unpaired) electrons. The first kappa shape index (κ1) is 12.6. The van der Waals surface area contributed by atoms with E-state index in [9.17, 15) is 4.79 Å². The molecule has 2 heterocycles. The fourth-order valence-electron chi connectivity index (χ4n) is 1.62. The van der Waals surface area contributed by atoms with E-state index in [4.69, 9.17) is 4.74 Å². The van der Waals surface area contributed by atoms with Crippen molar-refractivity contribution in [3.05, 3.63) is 22.2 Å². The topological polar surface area (TPSA) is 84.3 Å². The van der Waals surface area contributed by atoms with Gasteiger partial charge in [0.25, 0.3) is 0 Å². The van der Waals surface area contributed by atoms with Gasteiger partial charge in [0.2, 0.25) is 5.95 Å². The van der Waals surface area contributed by atoms with Crippen molar-refractivity contribution < 1.29 is 4.74 Å². The zero-order valence-electron chi connectivity index (χ0n) is 10.7. The van der Waals surface area contributed by atoms with Crippen LogP contribution in [0.1, 0.15) is 26.0 Å². The van der Waals surface area contributed by atoms with Crippen LogP contribution in [0.15, 0.2) is 10.9 Å². The summed E-state index contributed by atoms with van der Waals surface area (Å²) in [7, 11) is 1.60. The van der Waals surface area contributed by atoms with Crippen LogP contribution in [0.25, 0.3) is 5.65 Å².